The summed E-state index contributed by atoms with van der Waals surface area (Å²) in [5.41, 5.74) is 16.8. The molecule has 3 aliphatic heterocycles. The van der Waals surface area contributed by atoms with Crippen molar-refractivity contribution in [2.75, 3.05) is 19.6 Å². The smallest absolute Gasteiger partial charge is 0.178 e. The van der Waals surface area contributed by atoms with Gasteiger partial charge in [0.15, 0.2) is 23.3 Å². The fourth-order valence-electron chi connectivity index (χ4n) is 13.0. The lowest BCUT2D eigenvalue weighted by atomic mass is 9.80. The van der Waals surface area contributed by atoms with Crippen molar-refractivity contribution in [2.45, 2.75) is 137 Å². The summed E-state index contributed by atoms with van der Waals surface area (Å²) in [5, 5.41) is 0. The maximum absolute atomic E-state index is 5.63. The quantitative estimate of drug-likeness (QED) is 0.133. The SMILES string of the molecule is Cc1ccc(-c2ccccc2C(C)C)cc1N1c2nc(C(C)(C)C)cnc2N(c2ccccc2)C1C/C=C1\C2(C)c3ccc(-c4ccccc4C(C)C)cc3N3c4ncc(C(C)(C)C)nc4N(c4ccccc4)C3C12C. The highest BCUT2D eigenvalue weighted by Gasteiger charge is 2.77. The molecule has 1 aliphatic carbocycles. The molecule has 384 valence electrons. The van der Waals surface area contributed by atoms with Crippen molar-refractivity contribution < 1.29 is 0 Å². The largest absolute Gasteiger partial charge is 0.302 e. The molecule has 1 fully saturated rings. The molecule has 4 atom stereocenters. The highest BCUT2D eigenvalue weighted by molar-refractivity contribution is 5.93. The first kappa shape index (κ1) is 49.3. The molecule has 12 rings (SSSR count). The highest BCUT2D eigenvalue weighted by Crippen LogP contribution is 2.78. The fraction of sp³-hybridized carbons (Fsp3) is 0.324. The van der Waals surface area contributed by atoms with Gasteiger partial charge in [0, 0.05) is 50.8 Å². The van der Waals surface area contributed by atoms with Crippen molar-refractivity contribution in [3.8, 4) is 22.3 Å². The summed E-state index contributed by atoms with van der Waals surface area (Å²) in [4.78, 5) is 32.1. The Morgan fingerprint density at radius 3 is 1.54 bits per heavy atom. The number of hydrogen-bond acceptors (Lipinski definition) is 8. The monoisotopic (exact) mass is 1000 g/mol. The molecule has 8 heteroatoms. The predicted octanol–water partition coefficient (Wildman–Crippen LogP) is 17.3. The Morgan fingerprint density at radius 1 is 0.526 bits per heavy atom. The minimum absolute atomic E-state index is 0.167. The van der Waals surface area contributed by atoms with Crippen molar-refractivity contribution >= 4 is 46.0 Å². The minimum atomic E-state index is -0.377. The van der Waals surface area contributed by atoms with Crippen LogP contribution in [0.15, 0.2) is 170 Å². The predicted molar refractivity (Wildman–Crippen MR) is 315 cm³/mol. The summed E-state index contributed by atoms with van der Waals surface area (Å²) in [7, 11) is 0. The number of benzene rings is 6. The summed E-state index contributed by atoms with van der Waals surface area (Å²) < 4.78 is 0. The van der Waals surface area contributed by atoms with E-state index < -0.39 is 0 Å². The molecule has 1 saturated carbocycles. The molecule has 5 heterocycles. The molecule has 0 saturated heterocycles. The van der Waals surface area contributed by atoms with E-state index in [0.717, 1.165) is 51.7 Å². The number of hydrogen-bond donors (Lipinski definition) is 0. The lowest BCUT2D eigenvalue weighted by molar-refractivity contribution is 0.376. The molecular formula is C68H72N8. The number of para-hydroxylation sites is 2. The summed E-state index contributed by atoms with van der Waals surface area (Å²) in [6, 6.07) is 53.7. The molecule has 0 radical (unpaired) electrons. The maximum Gasteiger partial charge on any atom is 0.178 e. The van der Waals surface area contributed by atoms with Crippen LogP contribution in [-0.4, -0.2) is 32.3 Å². The summed E-state index contributed by atoms with van der Waals surface area (Å²) >= 11 is 0. The van der Waals surface area contributed by atoms with Gasteiger partial charge in [-0.1, -0.05) is 204 Å². The van der Waals surface area contributed by atoms with Crippen LogP contribution in [0, 0.1) is 12.3 Å². The van der Waals surface area contributed by atoms with Gasteiger partial charge in [0.2, 0.25) is 0 Å². The van der Waals surface area contributed by atoms with Gasteiger partial charge in [-0.3, -0.25) is 0 Å². The van der Waals surface area contributed by atoms with Gasteiger partial charge in [-0.25, -0.2) is 19.9 Å². The number of aromatic nitrogens is 4. The van der Waals surface area contributed by atoms with Crippen LogP contribution in [0.4, 0.5) is 46.0 Å². The Labute approximate surface area is 451 Å². The van der Waals surface area contributed by atoms with Gasteiger partial charge in [-0.05, 0) is 99.7 Å². The van der Waals surface area contributed by atoms with E-state index in [9.17, 15) is 0 Å². The first-order chi connectivity index (χ1) is 36.3. The van der Waals surface area contributed by atoms with Crippen molar-refractivity contribution in [3.05, 3.63) is 203 Å². The van der Waals surface area contributed by atoms with Crippen molar-refractivity contribution in [2.24, 2.45) is 5.41 Å². The van der Waals surface area contributed by atoms with Crippen LogP contribution in [-0.2, 0) is 16.2 Å². The average molecular weight is 1000 g/mol. The Kier molecular flexibility index (Phi) is 11.5. The van der Waals surface area contributed by atoms with Gasteiger partial charge in [0.25, 0.3) is 0 Å². The third kappa shape index (κ3) is 7.52. The number of aryl methyl sites for hydroxylation is 1. The molecule has 8 nitrogen and oxygen atoms in total. The zero-order valence-electron chi connectivity index (χ0n) is 46.7. The van der Waals surface area contributed by atoms with E-state index in [1.165, 1.54) is 55.8 Å². The zero-order chi connectivity index (χ0) is 53.2. The normalized spacial score (nSPS) is 21.0. The number of fused-ring (bicyclic) bond motifs is 9. The van der Waals surface area contributed by atoms with E-state index in [4.69, 9.17) is 19.9 Å². The van der Waals surface area contributed by atoms with Crippen LogP contribution in [0.1, 0.15) is 135 Å². The van der Waals surface area contributed by atoms with Crippen LogP contribution >= 0.6 is 0 Å². The second-order valence-corrected chi connectivity index (χ2v) is 24.7. The van der Waals surface area contributed by atoms with Gasteiger partial charge in [0.05, 0.1) is 23.8 Å². The van der Waals surface area contributed by atoms with E-state index in [1.54, 1.807) is 0 Å². The van der Waals surface area contributed by atoms with E-state index in [2.05, 4.69) is 261 Å². The second kappa shape index (κ2) is 17.8. The molecule has 8 aromatic rings. The van der Waals surface area contributed by atoms with E-state index in [0.29, 0.717) is 18.3 Å². The van der Waals surface area contributed by atoms with Gasteiger partial charge in [-0.2, -0.15) is 0 Å². The molecule has 4 aliphatic rings. The van der Waals surface area contributed by atoms with E-state index in [1.807, 2.05) is 12.4 Å². The Morgan fingerprint density at radius 2 is 1.00 bits per heavy atom. The number of nitrogens with zero attached hydrogens (tertiary/aromatic N) is 8. The third-order valence-corrected chi connectivity index (χ3v) is 17.3. The fourth-order valence-corrected chi connectivity index (χ4v) is 13.0. The van der Waals surface area contributed by atoms with Gasteiger partial charge >= 0.3 is 0 Å². The van der Waals surface area contributed by atoms with Gasteiger partial charge in [-0.15, -0.1) is 0 Å². The molecule has 0 amide bonds. The average Bonchev–Trinajstić information content (AvgIpc) is 3.84. The van der Waals surface area contributed by atoms with Crippen molar-refractivity contribution in [1.29, 1.82) is 0 Å². The van der Waals surface area contributed by atoms with Crippen molar-refractivity contribution in [3.63, 3.8) is 0 Å². The summed E-state index contributed by atoms with van der Waals surface area (Å²) in [6.45, 7) is 29.8. The molecule has 2 aromatic heterocycles. The zero-order valence-corrected chi connectivity index (χ0v) is 46.7. The number of anilines is 8. The van der Waals surface area contributed by atoms with Crippen LogP contribution in [0.3, 0.4) is 0 Å². The van der Waals surface area contributed by atoms with Crippen molar-refractivity contribution in [1.82, 2.24) is 19.9 Å². The lowest BCUT2D eigenvalue weighted by Crippen LogP contribution is -2.50. The highest BCUT2D eigenvalue weighted by atomic mass is 15.5. The van der Waals surface area contributed by atoms with Gasteiger partial charge in [0.1, 0.15) is 12.3 Å². The molecule has 0 bridgehead atoms. The summed E-state index contributed by atoms with van der Waals surface area (Å²) in [5.74, 6) is 4.26. The van der Waals surface area contributed by atoms with Crippen LogP contribution in [0.25, 0.3) is 22.3 Å². The van der Waals surface area contributed by atoms with Crippen LogP contribution in [0.2, 0.25) is 0 Å². The number of rotatable bonds is 9. The maximum atomic E-state index is 5.63. The summed E-state index contributed by atoms with van der Waals surface area (Å²) in [6.07, 6.45) is 6.92. The molecule has 4 unspecified atom stereocenters. The molecular weight excluding hydrogens is 929 g/mol. The standard InChI is InChI=1S/C68H72N8/c1-42(2)49-28-20-22-30-51(49)45-33-32-44(5)54(38-45)75-59(73(47-24-16-14-17-25-47)60-63(75)72-58(40-69-60)66(9,10)11)37-36-56-67(12)53-35-34-46(52-31-23-21-29-50(52)43(3)4)39-55(53)76-61-62(71-57(41-70-61)65(6,7)8)74(64(76)68(56,67)13)48-26-18-15-19-27-48/h14-36,38-43,59,64H,37H2,1-13H3/b56-36+. The first-order valence-corrected chi connectivity index (χ1v) is 27.5. The molecule has 0 N–H and O–H groups in total. The van der Waals surface area contributed by atoms with E-state index >= 15 is 0 Å². The minimum Gasteiger partial charge on any atom is -0.302 e. The molecule has 6 aromatic carbocycles. The topological polar surface area (TPSA) is 64.5 Å². The second-order valence-electron chi connectivity index (χ2n) is 24.7. The molecule has 0 spiro atoms. The van der Waals surface area contributed by atoms with E-state index in [-0.39, 0.29) is 34.0 Å². The third-order valence-electron chi connectivity index (χ3n) is 17.3. The first-order valence-electron chi connectivity index (χ1n) is 27.5. The van der Waals surface area contributed by atoms with Crippen LogP contribution in [0.5, 0.6) is 0 Å². The van der Waals surface area contributed by atoms with Crippen LogP contribution < -0.4 is 19.6 Å². The van der Waals surface area contributed by atoms with Gasteiger partial charge < -0.3 is 19.6 Å². The Balaban J connectivity index is 1.08. The molecule has 76 heavy (non-hydrogen) atoms. The Bertz CT molecular complexity index is 3590. The Hall–Kier alpha value is -7.58. The lowest BCUT2D eigenvalue weighted by Gasteiger charge is -2.43.